The van der Waals surface area contributed by atoms with E-state index in [0.29, 0.717) is 11.4 Å². The summed E-state index contributed by atoms with van der Waals surface area (Å²) in [6.07, 6.45) is 0.0552. The fourth-order valence-electron chi connectivity index (χ4n) is 2.08. The second-order valence-electron chi connectivity index (χ2n) is 5.37. The molecule has 1 amide bonds. The Morgan fingerprint density at radius 2 is 1.96 bits per heavy atom. The van der Waals surface area contributed by atoms with Crippen molar-refractivity contribution in [2.45, 2.75) is 13.3 Å². The molecule has 0 atom stereocenters. The van der Waals surface area contributed by atoms with Crippen molar-refractivity contribution in [1.29, 1.82) is 0 Å². The van der Waals surface area contributed by atoms with Crippen molar-refractivity contribution in [1.82, 2.24) is 4.98 Å². The van der Waals surface area contributed by atoms with Gasteiger partial charge in [0.2, 0.25) is 0 Å². The van der Waals surface area contributed by atoms with E-state index < -0.39 is 5.97 Å². The van der Waals surface area contributed by atoms with Crippen LogP contribution in [0.5, 0.6) is 0 Å². The molecule has 0 aliphatic carbocycles. The first-order chi connectivity index (χ1) is 12.1. The lowest BCUT2D eigenvalue weighted by Crippen LogP contribution is -2.21. The van der Waals surface area contributed by atoms with Gasteiger partial charge in [-0.05, 0) is 30.5 Å². The molecular weight excluding hydrogens is 356 g/mol. The Bertz CT molecular complexity index is 855. The van der Waals surface area contributed by atoms with Crippen molar-refractivity contribution in [3.63, 3.8) is 0 Å². The molecule has 7 heteroatoms. The van der Waals surface area contributed by atoms with Gasteiger partial charge in [0, 0.05) is 11.1 Å². The molecule has 0 radical (unpaired) electrons. The van der Waals surface area contributed by atoms with Gasteiger partial charge in [-0.25, -0.2) is 4.98 Å². The zero-order valence-electron chi connectivity index (χ0n) is 13.5. The van der Waals surface area contributed by atoms with Crippen molar-refractivity contribution in [2.75, 3.05) is 11.9 Å². The number of aryl methyl sites for hydroxylation is 1. The van der Waals surface area contributed by atoms with Crippen LogP contribution < -0.4 is 5.32 Å². The van der Waals surface area contributed by atoms with E-state index in [1.54, 1.807) is 23.5 Å². The number of anilines is 1. The van der Waals surface area contributed by atoms with Gasteiger partial charge in [-0.1, -0.05) is 23.8 Å². The zero-order valence-corrected chi connectivity index (χ0v) is 15.2. The van der Waals surface area contributed by atoms with Crippen LogP contribution in [0, 0.1) is 6.92 Å². The van der Waals surface area contributed by atoms with E-state index in [1.165, 1.54) is 11.3 Å². The van der Waals surface area contributed by atoms with Crippen LogP contribution in [0.2, 0.25) is 0 Å². The molecule has 1 aromatic carbocycles. The molecule has 0 fully saturated rings. The van der Waals surface area contributed by atoms with Crippen LogP contribution in [0.25, 0.3) is 9.88 Å². The predicted molar refractivity (Wildman–Crippen MR) is 99.9 cm³/mol. The van der Waals surface area contributed by atoms with E-state index in [2.05, 4.69) is 10.3 Å². The molecule has 0 aliphatic heterocycles. The van der Waals surface area contributed by atoms with Crippen LogP contribution in [0.15, 0.2) is 47.2 Å². The Labute approximate surface area is 153 Å². The quantitative estimate of drug-likeness (QED) is 0.666. The number of aromatic nitrogens is 1. The highest BCUT2D eigenvalue weighted by molar-refractivity contribution is 7.20. The standard InChI is InChI=1S/C18H16N2O3S2/c1-12-4-6-13(7-5-12)19-16(21)10-23-17(22)9-14-11-25-18(20-14)15-3-2-8-24-15/h2-8,11H,9-10H2,1H3,(H,19,21). The SMILES string of the molecule is Cc1ccc(NC(=O)COC(=O)Cc2csc(-c3cccs3)n2)cc1. The van der Waals surface area contributed by atoms with Gasteiger partial charge in [0.25, 0.3) is 5.91 Å². The summed E-state index contributed by atoms with van der Waals surface area (Å²) in [5, 5.41) is 7.39. The Morgan fingerprint density at radius 3 is 2.68 bits per heavy atom. The number of benzene rings is 1. The van der Waals surface area contributed by atoms with E-state index in [-0.39, 0.29) is 18.9 Å². The summed E-state index contributed by atoms with van der Waals surface area (Å²) in [5.74, 6) is -0.836. The maximum Gasteiger partial charge on any atom is 0.312 e. The van der Waals surface area contributed by atoms with E-state index in [4.69, 9.17) is 4.74 Å². The second-order valence-corrected chi connectivity index (χ2v) is 7.18. The van der Waals surface area contributed by atoms with E-state index >= 15 is 0 Å². The van der Waals surface area contributed by atoms with Crippen LogP contribution in [-0.4, -0.2) is 23.5 Å². The average molecular weight is 372 g/mol. The molecule has 0 saturated carbocycles. The molecule has 3 aromatic rings. The number of hydrogen-bond donors (Lipinski definition) is 1. The lowest BCUT2D eigenvalue weighted by molar-refractivity contribution is -0.146. The van der Waals surface area contributed by atoms with Crippen molar-refractivity contribution < 1.29 is 14.3 Å². The molecule has 1 N–H and O–H groups in total. The van der Waals surface area contributed by atoms with Crippen molar-refractivity contribution in [3.8, 4) is 9.88 Å². The molecule has 0 bridgehead atoms. The summed E-state index contributed by atoms with van der Waals surface area (Å²) in [4.78, 5) is 29.2. The first-order valence-electron chi connectivity index (χ1n) is 7.60. The van der Waals surface area contributed by atoms with Crippen molar-refractivity contribution >= 4 is 40.2 Å². The van der Waals surface area contributed by atoms with Crippen LogP contribution in [-0.2, 0) is 20.7 Å². The highest BCUT2D eigenvalue weighted by atomic mass is 32.1. The summed E-state index contributed by atoms with van der Waals surface area (Å²) in [7, 11) is 0. The molecule has 3 rings (SSSR count). The van der Waals surface area contributed by atoms with Gasteiger partial charge in [0.05, 0.1) is 17.0 Å². The van der Waals surface area contributed by atoms with Gasteiger partial charge < -0.3 is 10.1 Å². The van der Waals surface area contributed by atoms with Gasteiger partial charge in [0.15, 0.2) is 6.61 Å². The summed E-state index contributed by atoms with van der Waals surface area (Å²) in [6, 6.07) is 11.3. The average Bonchev–Trinajstić information content (AvgIpc) is 3.26. The molecule has 0 spiro atoms. The topological polar surface area (TPSA) is 68.3 Å². The maximum atomic E-state index is 11.9. The van der Waals surface area contributed by atoms with Gasteiger partial charge in [0.1, 0.15) is 5.01 Å². The fraction of sp³-hybridized carbons (Fsp3) is 0.167. The van der Waals surface area contributed by atoms with Gasteiger partial charge in [-0.2, -0.15) is 0 Å². The number of nitrogens with one attached hydrogen (secondary N) is 1. The molecule has 5 nitrogen and oxygen atoms in total. The third-order valence-corrected chi connectivity index (χ3v) is 5.24. The minimum absolute atomic E-state index is 0.0552. The highest BCUT2D eigenvalue weighted by Crippen LogP contribution is 2.27. The number of ether oxygens (including phenoxy) is 1. The lowest BCUT2D eigenvalue weighted by Gasteiger charge is -2.06. The number of carbonyl (C=O) groups is 2. The number of hydrogen-bond acceptors (Lipinski definition) is 6. The molecule has 128 valence electrons. The number of amides is 1. The molecular formula is C18H16N2O3S2. The van der Waals surface area contributed by atoms with E-state index in [1.807, 2.05) is 41.9 Å². The Balaban J connectivity index is 1.46. The smallest absolute Gasteiger partial charge is 0.312 e. The molecule has 2 aromatic heterocycles. The largest absolute Gasteiger partial charge is 0.455 e. The number of rotatable bonds is 6. The summed E-state index contributed by atoms with van der Waals surface area (Å²) >= 11 is 3.09. The molecule has 0 saturated heterocycles. The summed E-state index contributed by atoms with van der Waals surface area (Å²) in [6.45, 7) is 1.66. The number of nitrogens with zero attached hydrogens (tertiary/aromatic N) is 1. The first kappa shape index (κ1) is 17.3. The van der Waals surface area contributed by atoms with E-state index in [0.717, 1.165) is 15.4 Å². The van der Waals surface area contributed by atoms with E-state index in [9.17, 15) is 9.59 Å². The predicted octanol–water partition coefficient (Wildman–Crippen LogP) is 3.90. The van der Waals surface area contributed by atoms with Crippen LogP contribution in [0.1, 0.15) is 11.3 Å². The van der Waals surface area contributed by atoms with Crippen LogP contribution in [0.4, 0.5) is 5.69 Å². The van der Waals surface area contributed by atoms with Gasteiger partial charge in [-0.15, -0.1) is 22.7 Å². The monoisotopic (exact) mass is 372 g/mol. The second kappa shape index (κ2) is 8.04. The minimum Gasteiger partial charge on any atom is -0.455 e. The Hall–Kier alpha value is -2.51. The number of carbonyl (C=O) groups excluding carboxylic acids is 2. The van der Waals surface area contributed by atoms with Crippen molar-refractivity contribution in [3.05, 3.63) is 58.4 Å². The maximum absolute atomic E-state index is 11.9. The van der Waals surface area contributed by atoms with Gasteiger partial charge in [-0.3, -0.25) is 9.59 Å². The fourth-order valence-corrected chi connectivity index (χ4v) is 3.71. The summed E-state index contributed by atoms with van der Waals surface area (Å²) in [5.41, 5.74) is 2.43. The first-order valence-corrected chi connectivity index (χ1v) is 9.36. The molecule has 25 heavy (non-hydrogen) atoms. The molecule has 0 unspecified atom stereocenters. The van der Waals surface area contributed by atoms with Gasteiger partial charge >= 0.3 is 5.97 Å². The highest BCUT2D eigenvalue weighted by Gasteiger charge is 2.12. The number of thiophene rings is 1. The van der Waals surface area contributed by atoms with Crippen molar-refractivity contribution in [2.24, 2.45) is 0 Å². The van der Waals surface area contributed by atoms with Crippen LogP contribution >= 0.6 is 22.7 Å². The third kappa shape index (κ3) is 4.98. The normalized spacial score (nSPS) is 10.4. The zero-order chi connectivity index (χ0) is 17.6. The third-order valence-electron chi connectivity index (χ3n) is 3.31. The lowest BCUT2D eigenvalue weighted by atomic mass is 10.2. The Kier molecular flexibility index (Phi) is 5.57. The Morgan fingerprint density at radius 1 is 1.16 bits per heavy atom. The van der Waals surface area contributed by atoms with Crippen LogP contribution in [0.3, 0.4) is 0 Å². The minimum atomic E-state index is -0.470. The number of thiazole rings is 1. The number of esters is 1. The summed E-state index contributed by atoms with van der Waals surface area (Å²) < 4.78 is 5.02. The molecule has 2 heterocycles. The molecule has 0 aliphatic rings.